The molecule has 2 aromatic heterocycles. The van der Waals surface area contributed by atoms with E-state index in [1.807, 2.05) is 4.90 Å². The number of nitrogens with zero attached hydrogens (tertiary/aromatic N) is 3. The lowest BCUT2D eigenvalue weighted by atomic mass is 10.1. The SMILES string of the molecule is CC(C)OC(=O)c1cc(C(C)N)c2nc(N3CCOCC3)cc(=O)n2c1. The molecule has 140 valence electrons. The number of carbonyl (C=O) groups excluding carboxylic acids is 1. The summed E-state index contributed by atoms with van der Waals surface area (Å²) in [6, 6.07) is 2.73. The number of carbonyl (C=O) groups is 1. The van der Waals surface area contributed by atoms with Gasteiger partial charge >= 0.3 is 5.97 Å². The second-order valence-electron chi connectivity index (χ2n) is 6.67. The molecule has 1 aliphatic rings. The Kier molecular flexibility index (Phi) is 5.24. The summed E-state index contributed by atoms with van der Waals surface area (Å²) >= 11 is 0. The number of aromatic nitrogens is 2. The van der Waals surface area contributed by atoms with Crippen molar-refractivity contribution in [2.24, 2.45) is 5.73 Å². The third kappa shape index (κ3) is 3.71. The fourth-order valence-electron chi connectivity index (χ4n) is 2.90. The van der Waals surface area contributed by atoms with Gasteiger partial charge < -0.3 is 20.1 Å². The zero-order chi connectivity index (χ0) is 18.8. The second-order valence-corrected chi connectivity index (χ2v) is 6.67. The number of nitrogens with two attached hydrogens (primary N) is 1. The Bertz CT molecular complexity index is 869. The van der Waals surface area contributed by atoms with Crippen molar-refractivity contribution in [3.8, 4) is 0 Å². The number of hydrogen-bond donors (Lipinski definition) is 1. The van der Waals surface area contributed by atoms with E-state index in [0.717, 1.165) is 0 Å². The number of ether oxygens (including phenoxy) is 2. The van der Waals surface area contributed by atoms with E-state index in [1.54, 1.807) is 26.8 Å². The summed E-state index contributed by atoms with van der Waals surface area (Å²) in [7, 11) is 0. The molecule has 0 bridgehead atoms. The summed E-state index contributed by atoms with van der Waals surface area (Å²) in [5, 5.41) is 0. The molecule has 1 fully saturated rings. The van der Waals surface area contributed by atoms with Crippen LogP contribution in [0.1, 0.15) is 42.7 Å². The van der Waals surface area contributed by atoms with Crippen LogP contribution in [0.25, 0.3) is 5.65 Å². The highest BCUT2D eigenvalue weighted by atomic mass is 16.5. The van der Waals surface area contributed by atoms with Crippen molar-refractivity contribution in [2.45, 2.75) is 32.9 Å². The van der Waals surface area contributed by atoms with Gasteiger partial charge in [0.15, 0.2) is 0 Å². The monoisotopic (exact) mass is 360 g/mol. The normalized spacial score (nSPS) is 16.1. The quantitative estimate of drug-likeness (QED) is 0.816. The van der Waals surface area contributed by atoms with Crippen molar-refractivity contribution in [3.63, 3.8) is 0 Å². The molecule has 0 amide bonds. The molecule has 0 aromatic carbocycles. The Morgan fingerprint density at radius 3 is 2.58 bits per heavy atom. The van der Waals surface area contributed by atoms with Crippen molar-refractivity contribution in [3.05, 3.63) is 39.8 Å². The number of morpholine rings is 1. The van der Waals surface area contributed by atoms with Crippen molar-refractivity contribution in [2.75, 3.05) is 31.2 Å². The van der Waals surface area contributed by atoms with Gasteiger partial charge in [0, 0.05) is 37.0 Å². The van der Waals surface area contributed by atoms with Gasteiger partial charge in [0.1, 0.15) is 11.5 Å². The predicted octanol–water partition coefficient (Wildman–Crippen LogP) is 1.12. The molecule has 26 heavy (non-hydrogen) atoms. The first kappa shape index (κ1) is 18.3. The molecule has 0 aliphatic carbocycles. The van der Waals surface area contributed by atoms with Crippen molar-refractivity contribution in [1.82, 2.24) is 9.38 Å². The van der Waals surface area contributed by atoms with E-state index in [-0.39, 0.29) is 17.2 Å². The third-order valence-corrected chi connectivity index (χ3v) is 4.18. The molecule has 2 aromatic rings. The first-order valence-corrected chi connectivity index (χ1v) is 8.73. The van der Waals surface area contributed by atoms with Gasteiger partial charge in [-0.3, -0.25) is 9.20 Å². The van der Waals surface area contributed by atoms with Crippen LogP contribution in [0.4, 0.5) is 5.82 Å². The van der Waals surface area contributed by atoms with Gasteiger partial charge in [-0.2, -0.15) is 0 Å². The third-order valence-electron chi connectivity index (χ3n) is 4.18. The first-order valence-electron chi connectivity index (χ1n) is 8.73. The Morgan fingerprint density at radius 2 is 1.96 bits per heavy atom. The fraction of sp³-hybridized carbons (Fsp3) is 0.500. The Morgan fingerprint density at radius 1 is 1.27 bits per heavy atom. The molecule has 1 aliphatic heterocycles. The van der Waals surface area contributed by atoms with Crippen LogP contribution < -0.4 is 16.2 Å². The topological polar surface area (TPSA) is 99.2 Å². The van der Waals surface area contributed by atoms with E-state index in [9.17, 15) is 9.59 Å². The number of pyridine rings is 1. The number of fused-ring (bicyclic) bond motifs is 1. The molecule has 1 saturated heterocycles. The molecule has 2 N–H and O–H groups in total. The molecule has 8 nitrogen and oxygen atoms in total. The van der Waals surface area contributed by atoms with Gasteiger partial charge in [-0.15, -0.1) is 0 Å². The molecule has 0 saturated carbocycles. The maximum absolute atomic E-state index is 12.7. The summed E-state index contributed by atoms with van der Waals surface area (Å²) in [4.78, 5) is 31.6. The van der Waals surface area contributed by atoms with E-state index < -0.39 is 12.0 Å². The summed E-state index contributed by atoms with van der Waals surface area (Å²) in [5.41, 5.74) is 7.18. The standard InChI is InChI=1S/C18H24N4O4/c1-11(2)26-18(24)13-8-14(12(3)19)17-20-15(9-16(23)22(17)10-13)21-4-6-25-7-5-21/h8-12H,4-7,19H2,1-3H3. The van der Waals surface area contributed by atoms with Gasteiger partial charge in [0.05, 0.1) is 24.9 Å². The molecule has 8 heteroatoms. The van der Waals surface area contributed by atoms with Crippen LogP contribution >= 0.6 is 0 Å². The lowest BCUT2D eigenvalue weighted by Crippen LogP contribution is -2.37. The second kappa shape index (κ2) is 7.43. The van der Waals surface area contributed by atoms with Crippen molar-refractivity contribution in [1.29, 1.82) is 0 Å². The fourth-order valence-corrected chi connectivity index (χ4v) is 2.90. The van der Waals surface area contributed by atoms with Gasteiger partial charge in [0.25, 0.3) is 5.56 Å². The highest BCUT2D eigenvalue weighted by molar-refractivity contribution is 5.90. The van der Waals surface area contributed by atoms with Crippen LogP contribution in [0.15, 0.2) is 23.1 Å². The largest absolute Gasteiger partial charge is 0.459 e. The first-order chi connectivity index (χ1) is 12.4. The molecule has 3 rings (SSSR count). The van der Waals surface area contributed by atoms with Gasteiger partial charge in [-0.25, -0.2) is 9.78 Å². The van der Waals surface area contributed by atoms with E-state index in [4.69, 9.17) is 15.2 Å². The Balaban J connectivity index is 2.13. The van der Waals surface area contributed by atoms with Crippen LogP contribution in [0.3, 0.4) is 0 Å². The number of rotatable bonds is 4. The number of hydrogen-bond acceptors (Lipinski definition) is 7. The minimum atomic E-state index is -0.493. The smallest absolute Gasteiger partial charge is 0.339 e. The van der Waals surface area contributed by atoms with Gasteiger partial charge in [0.2, 0.25) is 0 Å². The van der Waals surface area contributed by atoms with E-state index in [2.05, 4.69) is 4.98 Å². The van der Waals surface area contributed by atoms with Crippen LogP contribution in [0, 0.1) is 0 Å². The molecular weight excluding hydrogens is 336 g/mol. The van der Waals surface area contributed by atoms with Gasteiger partial charge in [-0.1, -0.05) is 0 Å². The minimum absolute atomic E-state index is 0.254. The average molecular weight is 360 g/mol. The maximum Gasteiger partial charge on any atom is 0.339 e. The predicted molar refractivity (Wildman–Crippen MR) is 97.6 cm³/mol. The molecule has 1 atom stereocenters. The average Bonchev–Trinajstić information content (AvgIpc) is 2.61. The van der Waals surface area contributed by atoms with Crippen LogP contribution in [-0.4, -0.2) is 47.8 Å². The molecule has 3 heterocycles. The van der Waals surface area contributed by atoms with Crippen molar-refractivity contribution >= 4 is 17.4 Å². The van der Waals surface area contributed by atoms with E-state index in [1.165, 1.54) is 16.7 Å². The Hall–Kier alpha value is -2.45. The van der Waals surface area contributed by atoms with Crippen LogP contribution in [0.5, 0.6) is 0 Å². The number of anilines is 1. The zero-order valence-electron chi connectivity index (χ0n) is 15.3. The van der Waals surface area contributed by atoms with Crippen LogP contribution in [0.2, 0.25) is 0 Å². The van der Waals surface area contributed by atoms with Crippen LogP contribution in [-0.2, 0) is 9.47 Å². The molecule has 0 spiro atoms. The molecule has 0 radical (unpaired) electrons. The summed E-state index contributed by atoms with van der Waals surface area (Å²) in [5.74, 6) is 0.102. The maximum atomic E-state index is 12.7. The molecular formula is C18H24N4O4. The molecule has 1 unspecified atom stereocenters. The van der Waals surface area contributed by atoms with E-state index in [0.29, 0.717) is 43.3 Å². The Labute approximate surface area is 151 Å². The summed E-state index contributed by atoms with van der Waals surface area (Å²) < 4.78 is 12.0. The van der Waals surface area contributed by atoms with E-state index >= 15 is 0 Å². The lowest BCUT2D eigenvalue weighted by molar-refractivity contribution is 0.0377. The van der Waals surface area contributed by atoms with Gasteiger partial charge in [-0.05, 0) is 26.8 Å². The zero-order valence-corrected chi connectivity index (χ0v) is 15.3. The summed E-state index contributed by atoms with van der Waals surface area (Å²) in [6.45, 7) is 7.88. The highest BCUT2D eigenvalue weighted by Gasteiger charge is 2.19. The lowest BCUT2D eigenvalue weighted by Gasteiger charge is -2.28. The minimum Gasteiger partial charge on any atom is -0.459 e. The van der Waals surface area contributed by atoms with Crippen molar-refractivity contribution < 1.29 is 14.3 Å². The number of esters is 1. The highest BCUT2D eigenvalue weighted by Crippen LogP contribution is 2.20. The summed E-state index contributed by atoms with van der Waals surface area (Å²) in [6.07, 6.45) is 1.21.